The summed E-state index contributed by atoms with van der Waals surface area (Å²) in [5.74, 6) is 1.80. The Morgan fingerprint density at radius 1 is 1.03 bits per heavy atom. The van der Waals surface area contributed by atoms with Crippen LogP contribution in [-0.4, -0.2) is 24.0 Å². The Kier molecular flexibility index (Phi) is 5.06. The number of methoxy groups -OCH3 is 1. The molecule has 5 aliphatic carbocycles. The van der Waals surface area contributed by atoms with Crippen LogP contribution in [0.5, 0.6) is 0 Å². The molecular weight excluding hydrogens is 462 g/mol. The van der Waals surface area contributed by atoms with Crippen molar-refractivity contribution in [2.24, 2.45) is 44.8 Å². The molecule has 0 N–H and O–H groups in total. The Morgan fingerprint density at radius 2 is 1.73 bits per heavy atom. The molecule has 3 fully saturated rings. The second-order valence-corrected chi connectivity index (χ2v) is 15.3. The number of allylic oxidation sites excluding steroid dienone is 2. The van der Waals surface area contributed by atoms with Crippen molar-refractivity contribution in [3.8, 4) is 0 Å². The Bertz CT molecular complexity index is 1210. The van der Waals surface area contributed by atoms with Gasteiger partial charge in [-0.2, -0.15) is 0 Å². The zero-order valence-electron chi connectivity index (χ0n) is 24.1. The fraction of sp³-hybridized carbons (Fsp3) is 0.781. The van der Waals surface area contributed by atoms with Crippen LogP contribution in [0.1, 0.15) is 105 Å². The van der Waals surface area contributed by atoms with Gasteiger partial charge in [0.15, 0.2) is 5.78 Å². The predicted octanol–water partition coefficient (Wildman–Crippen LogP) is 6.84. The molecule has 3 saturated carbocycles. The number of fused-ring (bicyclic) bond motifs is 8. The van der Waals surface area contributed by atoms with E-state index in [9.17, 15) is 9.59 Å². The first kappa shape index (κ1) is 25.4. The first-order valence-corrected chi connectivity index (χ1v) is 14.4. The summed E-state index contributed by atoms with van der Waals surface area (Å²) in [6.07, 6.45) is 11.9. The van der Waals surface area contributed by atoms with Crippen LogP contribution in [0, 0.1) is 44.8 Å². The highest BCUT2D eigenvalue weighted by Gasteiger charge is 2.70. The van der Waals surface area contributed by atoms with Crippen molar-refractivity contribution in [2.45, 2.75) is 105 Å². The lowest BCUT2D eigenvalue weighted by atomic mass is 9.33. The third-order valence-electron chi connectivity index (χ3n) is 13.2. The summed E-state index contributed by atoms with van der Waals surface area (Å²) in [6.45, 7) is 16.4. The summed E-state index contributed by atoms with van der Waals surface area (Å²) < 4.78 is 11.1. The van der Waals surface area contributed by atoms with E-state index in [-0.39, 0.29) is 44.9 Å². The van der Waals surface area contributed by atoms with Crippen molar-refractivity contribution in [1.82, 2.24) is 5.16 Å². The first-order chi connectivity index (χ1) is 17.2. The average Bonchev–Trinajstić information content (AvgIpc) is 3.29. The van der Waals surface area contributed by atoms with Gasteiger partial charge in [0.2, 0.25) is 0 Å². The molecule has 0 aliphatic heterocycles. The highest BCUT2D eigenvalue weighted by Crippen LogP contribution is 2.74. The molecule has 1 aromatic rings. The Morgan fingerprint density at radius 3 is 2.43 bits per heavy atom. The van der Waals surface area contributed by atoms with Gasteiger partial charge in [-0.1, -0.05) is 52.3 Å². The molecule has 0 radical (unpaired) electrons. The lowest BCUT2D eigenvalue weighted by Crippen LogP contribution is -2.66. The average molecular weight is 508 g/mol. The summed E-state index contributed by atoms with van der Waals surface area (Å²) in [5.41, 5.74) is 1.68. The number of carbonyl (C=O) groups is 2. The number of hydrogen-bond donors (Lipinski definition) is 0. The molecule has 0 unspecified atom stereocenters. The van der Waals surface area contributed by atoms with Gasteiger partial charge in [-0.3, -0.25) is 9.59 Å². The second kappa shape index (κ2) is 7.39. The number of carbonyl (C=O) groups excluding carboxylic acids is 2. The largest absolute Gasteiger partial charge is 0.469 e. The molecule has 1 heterocycles. The van der Waals surface area contributed by atoms with Crippen LogP contribution in [0.4, 0.5) is 0 Å². The summed E-state index contributed by atoms with van der Waals surface area (Å²) >= 11 is 0. The minimum Gasteiger partial charge on any atom is -0.469 e. The van der Waals surface area contributed by atoms with E-state index in [1.54, 1.807) is 0 Å². The second-order valence-electron chi connectivity index (χ2n) is 15.3. The predicted molar refractivity (Wildman–Crippen MR) is 142 cm³/mol. The minimum atomic E-state index is -0.486. The van der Waals surface area contributed by atoms with Crippen LogP contribution >= 0.6 is 0 Å². The van der Waals surface area contributed by atoms with Crippen molar-refractivity contribution in [3.63, 3.8) is 0 Å². The SMILES string of the molecule is COC(=O)[C@]1(C)CC[C@]2(C)CC[C@]3(C)C(=CC(=O)[C@@H]4[C@]5(C)Cc6cnoc6C(C)(C)[C@@H]5CC[C@@]43C)[C@H]2C1. The van der Waals surface area contributed by atoms with Crippen molar-refractivity contribution in [2.75, 3.05) is 7.11 Å². The van der Waals surface area contributed by atoms with E-state index in [2.05, 4.69) is 59.7 Å². The monoisotopic (exact) mass is 507 g/mol. The van der Waals surface area contributed by atoms with Crippen molar-refractivity contribution < 1.29 is 18.8 Å². The zero-order valence-corrected chi connectivity index (χ0v) is 24.1. The summed E-state index contributed by atoms with van der Waals surface area (Å²) in [4.78, 5) is 27.4. The van der Waals surface area contributed by atoms with Crippen LogP contribution in [0.15, 0.2) is 22.4 Å². The number of aromatic nitrogens is 1. The summed E-state index contributed by atoms with van der Waals surface area (Å²) in [7, 11) is 1.51. The Hall–Kier alpha value is -1.91. The van der Waals surface area contributed by atoms with E-state index in [1.807, 2.05) is 6.20 Å². The Labute approximate surface area is 222 Å². The standard InChI is InChI=1S/C32H45NO4/c1-27(2)23-9-10-32(7)24(30(23,5)16-19-18-33-37-25(19)27)22(34)15-20-21-17-29(4,26(35)36-8)12-11-28(21,3)13-14-31(20,32)6/h15,18,21,23-24H,9-14,16-17H2,1-8H3/t21-,23+,24-,28-,29-,30-,31-,32+/m1/s1. The van der Waals surface area contributed by atoms with Gasteiger partial charge in [0.1, 0.15) is 5.76 Å². The number of esters is 1. The molecule has 0 aromatic carbocycles. The van der Waals surface area contributed by atoms with Gasteiger partial charge in [0, 0.05) is 16.9 Å². The molecule has 1 aromatic heterocycles. The van der Waals surface area contributed by atoms with Crippen LogP contribution < -0.4 is 0 Å². The number of ketones is 1. The van der Waals surface area contributed by atoms with E-state index in [0.29, 0.717) is 11.7 Å². The lowest BCUT2D eigenvalue weighted by molar-refractivity contribution is -0.175. The van der Waals surface area contributed by atoms with Gasteiger partial charge in [0.05, 0.1) is 18.7 Å². The third kappa shape index (κ3) is 2.95. The molecule has 0 spiro atoms. The van der Waals surface area contributed by atoms with Crippen LogP contribution in [0.3, 0.4) is 0 Å². The van der Waals surface area contributed by atoms with Gasteiger partial charge in [-0.15, -0.1) is 0 Å². The molecule has 6 rings (SSSR count). The molecular formula is C32H45NO4. The van der Waals surface area contributed by atoms with Crippen LogP contribution in [0.25, 0.3) is 0 Å². The van der Waals surface area contributed by atoms with Gasteiger partial charge in [-0.05, 0) is 97.9 Å². The summed E-state index contributed by atoms with van der Waals surface area (Å²) in [5, 5.41) is 4.19. The fourth-order valence-corrected chi connectivity index (χ4v) is 10.9. The highest BCUT2D eigenvalue weighted by atomic mass is 16.5. The van der Waals surface area contributed by atoms with Crippen molar-refractivity contribution in [1.29, 1.82) is 0 Å². The van der Waals surface area contributed by atoms with E-state index in [4.69, 9.17) is 9.26 Å². The quantitative estimate of drug-likeness (QED) is 0.389. The molecule has 8 atom stereocenters. The molecule has 5 heteroatoms. The topological polar surface area (TPSA) is 69.4 Å². The molecule has 5 aliphatic rings. The van der Waals surface area contributed by atoms with E-state index >= 15 is 0 Å². The third-order valence-corrected chi connectivity index (χ3v) is 13.2. The number of rotatable bonds is 1. The van der Waals surface area contributed by atoms with Crippen molar-refractivity contribution >= 4 is 11.8 Å². The van der Waals surface area contributed by atoms with Crippen LogP contribution in [0.2, 0.25) is 0 Å². The van der Waals surface area contributed by atoms with Gasteiger partial charge < -0.3 is 9.26 Å². The smallest absolute Gasteiger partial charge is 0.311 e. The van der Waals surface area contributed by atoms with Gasteiger partial charge >= 0.3 is 5.97 Å². The lowest BCUT2D eigenvalue weighted by Gasteiger charge is -2.69. The zero-order chi connectivity index (χ0) is 26.8. The molecule has 37 heavy (non-hydrogen) atoms. The molecule has 0 saturated heterocycles. The molecule has 0 amide bonds. The molecule has 0 bridgehead atoms. The normalized spacial score (nSPS) is 47.9. The minimum absolute atomic E-state index is 0.0326. The maximum absolute atomic E-state index is 14.5. The Balaban J connectivity index is 1.47. The highest BCUT2D eigenvalue weighted by molar-refractivity contribution is 5.96. The number of nitrogens with zero attached hydrogens (tertiary/aromatic N) is 1. The van der Waals surface area contributed by atoms with Crippen LogP contribution in [-0.2, 0) is 26.2 Å². The van der Waals surface area contributed by atoms with Gasteiger partial charge in [0.25, 0.3) is 0 Å². The maximum Gasteiger partial charge on any atom is 0.311 e. The summed E-state index contributed by atoms with van der Waals surface area (Å²) in [6, 6.07) is 0. The van der Waals surface area contributed by atoms with E-state index in [0.717, 1.165) is 57.1 Å². The van der Waals surface area contributed by atoms with E-state index in [1.165, 1.54) is 18.2 Å². The number of hydrogen-bond acceptors (Lipinski definition) is 5. The van der Waals surface area contributed by atoms with Crippen molar-refractivity contribution in [3.05, 3.63) is 29.2 Å². The molecule has 5 nitrogen and oxygen atoms in total. The van der Waals surface area contributed by atoms with E-state index < -0.39 is 5.41 Å². The maximum atomic E-state index is 14.5. The molecule has 202 valence electrons. The van der Waals surface area contributed by atoms with Gasteiger partial charge in [-0.25, -0.2) is 0 Å². The first-order valence-electron chi connectivity index (χ1n) is 14.4. The number of ether oxygens (including phenoxy) is 1. The fourth-order valence-electron chi connectivity index (χ4n) is 10.9.